The molecule has 0 radical (unpaired) electrons. The summed E-state index contributed by atoms with van der Waals surface area (Å²) in [5, 5.41) is 8.78. The molecule has 0 fully saturated rings. The smallest absolute Gasteiger partial charge is 0.339 e. The second-order valence-electron chi connectivity index (χ2n) is 8.79. The van der Waals surface area contributed by atoms with E-state index in [-0.39, 0.29) is 22.9 Å². The van der Waals surface area contributed by atoms with E-state index >= 15 is 0 Å². The number of thioether (sulfide) groups is 1. The number of esters is 1. The predicted octanol–water partition coefficient (Wildman–Crippen LogP) is 6.27. The Morgan fingerprint density at radius 2 is 1.55 bits per heavy atom. The van der Waals surface area contributed by atoms with E-state index in [1.165, 1.54) is 18.9 Å². The van der Waals surface area contributed by atoms with Gasteiger partial charge >= 0.3 is 5.97 Å². The first-order chi connectivity index (χ1) is 20.3. The molecule has 4 rings (SSSR count). The Hall–Kier alpha value is -4.86. The largest absolute Gasteiger partial charge is 0.465 e. The molecule has 0 spiro atoms. The van der Waals surface area contributed by atoms with Gasteiger partial charge in [0, 0.05) is 21.2 Å². The fraction of sp³-hybridized carbons (Fsp3) is 0.0625. The van der Waals surface area contributed by atoms with Crippen molar-refractivity contribution in [1.29, 1.82) is 0 Å². The van der Waals surface area contributed by atoms with Crippen LogP contribution in [-0.2, 0) is 14.3 Å². The Labute approximate surface area is 252 Å². The molecule has 0 heterocycles. The lowest BCUT2D eigenvalue weighted by atomic mass is 10.1. The summed E-state index contributed by atoms with van der Waals surface area (Å²) >= 11 is 7.25. The molecule has 3 amide bonds. The van der Waals surface area contributed by atoms with Crippen LogP contribution in [0.2, 0.25) is 5.02 Å². The van der Waals surface area contributed by atoms with Crippen molar-refractivity contribution in [3.05, 3.63) is 131 Å². The molecule has 8 nitrogen and oxygen atoms in total. The molecule has 10 heteroatoms. The van der Waals surface area contributed by atoms with E-state index in [1.54, 1.807) is 109 Å². The van der Waals surface area contributed by atoms with Gasteiger partial charge in [0.25, 0.3) is 11.8 Å². The molecule has 42 heavy (non-hydrogen) atoms. The number of amides is 3. The molecule has 0 aliphatic carbocycles. The van der Waals surface area contributed by atoms with Gasteiger partial charge in [0.1, 0.15) is 5.70 Å². The third kappa shape index (κ3) is 8.57. The third-order valence-corrected chi connectivity index (χ3v) is 7.02. The molecule has 0 aliphatic heterocycles. The zero-order chi connectivity index (χ0) is 29.9. The topological polar surface area (TPSA) is 114 Å². The van der Waals surface area contributed by atoms with Crippen molar-refractivity contribution in [3.8, 4) is 0 Å². The number of ether oxygens (including phenoxy) is 1. The Balaban J connectivity index is 1.44. The molecule has 212 valence electrons. The van der Waals surface area contributed by atoms with Crippen molar-refractivity contribution in [2.75, 3.05) is 23.5 Å². The number of hydrogen-bond donors (Lipinski definition) is 3. The number of benzene rings is 4. The van der Waals surface area contributed by atoms with Crippen LogP contribution in [0.3, 0.4) is 0 Å². The van der Waals surface area contributed by atoms with Gasteiger partial charge in [-0.2, -0.15) is 0 Å². The lowest BCUT2D eigenvalue weighted by molar-refractivity contribution is -0.114. The molecule has 0 bridgehead atoms. The molecule has 0 aliphatic rings. The van der Waals surface area contributed by atoms with Crippen LogP contribution in [0.5, 0.6) is 0 Å². The van der Waals surface area contributed by atoms with E-state index in [0.717, 1.165) is 4.90 Å². The van der Waals surface area contributed by atoms with Gasteiger partial charge in [-0.3, -0.25) is 14.4 Å². The average molecular weight is 600 g/mol. The first-order valence-electron chi connectivity index (χ1n) is 12.7. The summed E-state index contributed by atoms with van der Waals surface area (Å²) in [7, 11) is 1.27. The summed E-state index contributed by atoms with van der Waals surface area (Å²) in [5.74, 6) is -1.78. The third-order valence-electron chi connectivity index (χ3n) is 5.78. The summed E-state index contributed by atoms with van der Waals surface area (Å²) < 4.78 is 4.77. The van der Waals surface area contributed by atoms with Gasteiger partial charge in [0.05, 0.1) is 24.1 Å². The SMILES string of the molecule is COC(=O)c1ccccc1NC(=O)CSc1cccc(NC(=O)/C(=C\c2ccc(Cl)cc2)NC(=O)c2ccccc2)c1. The van der Waals surface area contributed by atoms with Crippen LogP contribution in [-0.4, -0.2) is 36.6 Å². The van der Waals surface area contributed by atoms with Gasteiger partial charge in [-0.1, -0.05) is 60.1 Å². The van der Waals surface area contributed by atoms with Crippen LogP contribution >= 0.6 is 23.4 Å². The monoisotopic (exact) mass is 599 g/mol. The highest BCUT2D eigenvalue weighted by Gasteiger charge is 2.16. The van der Waals surface area contributed by atoms with Gasteiger partial charge in [-0.15, -0.1) is 11.8 Å². The van der Waals surface area contributed by atoms with E-state index in [1.807, 2.05) is 0 Å². The molecule has 4 aromatic rings. The molecule has 0 saturated heterocycles. The Morgan fingerprint density at radius 1 is 0.833 bits per heavy atom. The number of para-hydroxylation sites is 1. The number of halogens is 1. The normalized spacial score (nSPS) is 10.9. The van der Waals surface area contributed by atoms with Crippen LogP contribution in [0, 0.1) is 0 Å². The summed E-state index contributed by atoms with van der Waals surface area (Å²) in [6, 6.07) is 29.0. The van der Waals surface area contributed by atoms with Gasteiger partial charge in [-0.05, 0) is 66.2 Å². The molecular weight excluding hydrogens is 574 g/mol. The maximum absolute atomic E-state index is 13.3. The van der Waals surface area contributed by atoms with Crippen molar-refractivity contribution < 1.29 is 23.9 Å². The Kier molecular flexibility index (Phi) is 10.5. The van der Waals surface area contributed by atoms with Gasteiger partial charge in [0.2, 0.25) is 5.91 Å². The highest BCUT2D eigenvalue weighted by Crippen LogP contribution is 2.23. The zero-order valence-corrected chi connectivity index (χ0v) is 24.0. The van der Waals surface area contributed by atoms with Crippen molar-refractivity contribution in [3.63, 3.8) is 0 Å². The van der Waals surface area contributed by atoms with Gasteiger partial charge < -0.3 is 20.7 Å². The second-order valence-corrected chi connectivity index (χ2v) is 10.3. The molecule has 4 aromatic carbocycles. The number of anilines is 2. The van der Waals surface area contributed by atoms with Crippen LogP contribution in [0.4, 0.5) is 11.4 Å². The standard InChI is InChI=1S/C32H26ClN3O5S/c1-41-32(40)26-12-5-6-13-27(26)35-29(37)20-42-25-11-7-10-24(19-25)34-31(39)28(18-21-14-16-23(33)17-15-21)36-30(38)22-8-3-2-4-9-22/h2-19H,20H2,1H3,(H,34,39)(H,35,37)(H,36,38)/b28-18+. The van der Waals surface area contributed by atoms with Crippen molar-refractivity contribution >= 4 is 64.5 Å². The summed E-state index contributed by atoms with van der Waals surface area (Å²) in [6.45, 7) is 0. The van der Waals surface area contributed by atoms with Crippen LogP contribution in [0.15, 0.2) is 114 Å². The molecule has 3 N–H and O–H groups in total. The lowest BCUT2D eigenvalue weighted by Gasteiger charge is -2.12. The van der Waals surface area contributed by atoms with Crippen LogP contribution in [0.1, 0.15) is 26.3 Å². The highest BCUT2D eigenvalue weighted by atomic mass is 35.5. The molecule has 0 unspecified atom stereocenters. The number of hydrogen-bond acceptors (Lipinski definition) is 6. The Morgan fingerprint density at radius 3 is 2.29 bits per heavy atom. The van der Waals surface area contributed by atoms with Crippen molar-refractivity contribution in [2.45, 2.75) is 4.90 Å². The summed E-state index contributed by atoms with van der Waals surface area (Å²) in [6.07, 6.45) is 1.56. The molecule has 0 saturated carbocycles. The zero-order valence-electron chi connectivity index (χ0n) is 22.4. The minimum Gasteiger partial charge on any atom is -0.465 e. The van der Waals surface area contributed by atoms with Gasteiger partial charge in [0.15, 0.2) is 0 Å². The number of carbonyl (C=O) groups is 4. The summed E-state index contributed by atoms with van der Waals surface area (Å²) in [5.41, 5.74) is 2.18. The lowest BCUT2D eigenvalue weighted by Crippen LogP contribution is -2.30. The predicted molar refractivity (Wildman–Crippen MR) is 166 cm³/mol. The fourth-order valence-corrected chi connectivity index (χ4v) is 4.63. The summed E-state index contributed by atoms with van der Waals surface area (Å²) in [4.78, 5) is 51.5. The minimum absolute atomic E-state index is 0.0351. The van der Waals surface area contributed by atoms with Gasteiger partial charge in [-0.25, -0.2) is 4.79 Å². The van der Waals surface area contributed by atoms with Crippen molar-refractivity contribution in [2.24, 2.45) is 0 Å². The highest BCUT2D eigenvalue weighted by molar-refractivity contribution is 8.00. The first-order valence-corrected chi connectivity index (χ1v) is 14.0. The van der Waals surface area contributed by atoms with E-state index in [2.05, 4.69) is 16.0 Å². The molecular formula is C32H26ClN3O5S. The number of nitrogens with one attached hydrogen (secondary N) is 3. The van der Waals surface area contributed by atoms with E-state index in [9.17, 15) is 19.2 Å². The quantitative estimate of drug-likeness (QED) is 0.113. The molecule has 0 aromatic heterocycles. The maximum Gasteiger partial charge on any atom is 0.339 e. The fourth-order valence-electron chi connectivity index (χ4n) is 3.75. The first kappa shape index (κ1) is 30.1. The van der Waals surface area contributed by atoms with Crippen molar-refractivity contribution in [1.82, 2.24) is 5.32 Å². The van der Waals surface area contributed by atoms with E-state index < -0.39 is 17.8 Å². The average Bonchev–Trinajstić information content (AvgIpc) is 3.01. The molecule has 0 atom stereocenters. The minimum atomic E-state index is -0.550. The number of carbonyl (C=O) groups excluding carboxylic acids is 4. The van der Waals surface area contributed by atoms with E-state index in [0.29, 0.717) is 27.5 Å². The van der Waals surface area contributed by atoms with E-state index in [4.69, 9.17) is 16.3 Å². The Bertz CT molecular complexity index is 1620. The maximum atomic E-state index is 13.3. The number of rotatable bonds is 10. The number of methoxy groups -OCH3 is 1. The van der Waals surface area contributed by atoms with Crippen LogP contribution in [0.25, 0.3) is 6.08 Å². The second kappa shape index (κ2) is 14.7. The van der Waals surface area contributed by atoms with Crippen LogP contribution < -0.4 is 16.0 Å².